The predicted octanol–water partition coefficient (Wildman–Crippen LogP) is 2.21. The minimum atomic E-state index is -0.448. The van der Waals surface area contributed by atoms with E-state index >= 15 is 0 Å². The molecule has 0 aliphatic carbocycles. The second-order valence-electron chi connectivity index (χ2n) is 5.17. The molecule has 0 radical (unpaired) electrons. The number of fused-ring (bicyclic) bond motifs is 1. The molecule has 0 aliphatic heterocycles. The molecule has 0 fully saturated rings. The van der Waals surface area contributed by atoms with Gasteiger partial charge in [-0.2, -0.15) is 0 Å². The van der Waals surface area contributed by atoms with Gasteiger partial charge < -0.3 is 0 Å². The Morgan fingerprint density at radius 1 is 1.16 bits per heavy atom. The van der Waals surface area contributed by atoms with Crippen LogP contribution >= 0.6 is 0 Å². The molecular formula is C19H16FNO3Se. The van der Waals surface area contributed by atoms with Crippen LogP contribution in [0, 0.1) is 5.82 Å². The van der Waals surface area contributed by atoms with E-state index in [0.29, 0.717) is 17.9 Å². The van der Waals surface area contributed by atoms with Gasteiger partial charge in [-0.3, -0.25) is 0 Å². The van der Waals surface area contributed by atoms with Crippen molar-refractivity contribution in [2.45, 2.75) is 6.92 Å². The number of pyridine rings is 1. The minimum absolute atomic E-state index is 0.123. The summed E-state index contributed by atoms with van der Waals surface area (Å²) >= 11 is -0.123. The topological polar surface area (TPSA) is 48.4 Å². The number of hydrogen-bond acceptors (Lipinski definition) is 4. The second-order valence-corrected chi connectivity index (χ2v) is 7.51. The molecule has 1 heterocycles. The number of benzene rings is 2. The molecule has 0 saturated carbocycles. The van der Waals surface area contributed by atoms with Gasteiger partial charge in [0.2, 0.25) is 0 Å². The van der Waals surface area contributed by atoms with E-state index in [4.69, 9.17) is 9.47 Å². The number of rotatable bonds is 5. The second kappa shape index (κ2) is 7.64. The van der Waals surface area contributed by atoms with Gasteiger partial charge in [-0.15, -0.1) is 0 Å². The molecule has 4 nitrogen and oxygen atoms in total. The van der Waals surface area contributed by atoms with E-state index in [2.05, 4.69) is 4.98 Å². The zero-order valence-corrected chi connectivity index (χ0v) is 15.5. The molecular weight excluding hydrogens is 388 g/mol. The third-order valence-electron chi connectivity index (χ3n) is 3.50. The number of esters is 1. The zero-order chi connectivity index (χ0) is 17.8. The van der Waals surface area contributed by atoms with Crippen LogP contribution in [0.1, 0.15) is 17.4 Å². The molecule has 2 aromatic carbocycles. The van der Waals surface area contributed by atoms with E-state index in [9.17, 15) is 9.18 Å². The number of methoxy groups -OCH3 is 1. The molecule has 0 unspecified atom stereocenters. The van der Waals surface area contributed by atoms with Gasteiger partial charge in [-0.25, -0.2) is 0 Å². The van der Waals surface area contributed by atoms with Crippen LogP contribution in [0.15, 0.2) is 48.5 Å². The normalized spacial score (nSPS) is 10.7. The van der Waals surface area contributed by atoms with Crippen molar-refractivity contribution in [2.24, 2.45) is 0 Å². The molecule has 3 rings (SSSR count). The van der Waals surface area contributed by atoms with Crippen LogP contribution < -0.4 is 13.7 Å². The van der Waals surface area contributed by atoms with Crippen molar-refractivity contribution in [3.63, 3.8) is 0 Å². The summed E-state index contributed by atoms with van der Waals surface area (Å²) in [6.45, 7) is 2.05. The molecule has 0 N–H and O–H groups in total. The Labute approximate surface area is 151 Å². The summed E-state index contributed by atoms with van der Waals surface area (Å²) in [5.41, 5.74) is 0.976. The van der Waals surface area contributed by atoms with Gasteiger partial charge in [0.05, 0.1) is 0 Å². The summed E-state index contributed by atoms with van der Waals surface area (Å²) < 4.78 is 25.5. The first-order valence-corrected chi connectivity index (χ1v) is 9.41. The van der Waals surface area contributed by atoms with Gasteiger partial charge >= 0.3 is 151 Å². The molecule has 1 aromatic heterocycles. The fourth-order valence-corrected chi connectivity index (χ4v) is 4.36. The van der Waals surface area contributed by atoms with Gasteiger partial charge in [0, 0.05) is 0 Å². The summed E-state index contributed by atoms with van der Waals surface area (Å²) in [6.07, 6.45) is 0. The molecule has 3 aromatic rings. The van der Waals surface area contributed by atoms with Crippen molar-refractivity contribution in [3.8, 4) is 5.75 Å². The Bertz CT molecular complexity index is 912. The first kappa shape index (κ1) is 17.4. The van der Waals surface area contributed by atoms with Crippen molar-refractivity contribution in [1.82, 2.24) is 4.98 Å². The summed E-state index contributed by atoms with van der Waals surface area (Å²) in [5, 5.41) is 0.914. The van der Waals surface area contributed by atoms with Crippen LogP contribution in [0.2, 0.25) is 0 Å². The molecule has 0 saturated heterocycles. The van der Waals surface area contributed by atoms with E-state index in [1.165, 1.54) is 12.1 Å². The maximum atomic E-state index is 13.2. The Morgan fingerprint density at radius 3 is 2.60 bits per heavy atom. The van der Waals surface area contributed by atoms with E-state index in [-0.39, 0.29) is 26.5 Å². The summed E-state index contributed by atoms with van der Waals surface area (Å²) in [7, 11) is 1.60. The molecule has 0 amide bonds. The Hall–Kier alpha value is -2.43. The molecule has 25 heavy (non-hydrogen) atoms. The third-order valence-corrected chi connectivity index (χ3v) is 5.74. The number of nitrogens with zero attached hydrogens (tertiary/aromatic N) is 1. The van der Waals surface area contributed by atoms with E-state index in [1.54, 1.807) is 38.3 Å². The van der Waals surface area contributed by atoms with Crippen LogP contribution in [0.3, 0.4) is 0 Å². The van der Waals surface area contributed by atoms with Crippen molar-refractivity contribution >= 4 is 40.8 Å². The van der Waals surface area contributed by atoms with Gasteiger partial charge in [0.15, 0.2) is 0 Å². The first-order valence-electron chi connectivity index (χ1n) is 7.70. The van der Waals surface area contributed by atoms with Crippen molar-refractivity contribution in [2.75, 3.05) is 13.7 Å². The number of ether oxygens (including phenoxy) is 2. The fourth-order valence-electron chi connectivity index (χ4n) is 2.32. The van der Waals surface area contributed by atoms with Gasteiger partial charge in [-0.1, -0.05) is 0 Å². The molecule has 128 valence electrons. The number of aromatic nitrogens is 1. The standard InChI is InChI=1S/C19H16FNO3Se/c1-3-24-19(22)17-11-18(25-14-7-4-12(20)5-8-14)15-10-13(23-2)6-9-16(15)21-17/h4-11H,3H2,1-2H3. The van der Waals surface area contributed by atoms with Gasteiger partial charge in [0.25, 0.3) is 0 Å². The Balaban J connectivity index is 2.10. The fraction of sp³-hybridized carbons (Fsp3) is 0.158. The quantitative estimate of drug-likeness (QED) is 0.484. The maximum absolute atomic E-state index is 13.2. The summed E-state index contributed by atoms with van der Waals surface area (Å²) in [5.74, 6) is -0.00117. The van der Waals surface area contributed by atoms with E-state index in [0.717, 1.165) is 14.3 Å². The Morgan fingerprint density at radius 2 is 1.92 bits per heavy atom. The zero-order valence-electron chi connectivity index (χ0n) is 13.8. The number of halogens is 1. The van der Waals surface area contributed by atoms with Crippen molar-refractivity contribution in [3.05, 3.63) is 60.0 Å². The average molecular weight is 404 g/mol. The van der Waals surface area contributed by atoms with E-state index < -0.39 is 5.97 Å². The summed E-state index contributed by atoms with van der Waals surface area (Å²) in [6, 6.07) is 13.7. The molecule has 0 aliphatic rings. The first-order chi connectivity index (χ1) is 12.1. The average Bonchev–Trinajstić information content (AvgIpc) is 2.63. The Kier molecular flexibility index (Phi) is 5.31. The van der Waals surface area contributed by atoms with Crippen LogP contribution in [-0.2, 0) is 4.74 Å². The summed E-state index contributed by atoms with van der Waals surface area (Å²) in [4.78, 5) is 16.5. The van der Waals surface area contributed by atoms with Gasteiger partial charge in [-0.05, 0) is 0 Å². The van der Waals surface area contributed by atoms with Crippen molar-refractivity contribution in [1.29, 1.82) is 0 Å². The number of hydrogen-bond donors (Lipinski definition) is 0. The molecule has 0 atom stereocenters. The van der Waals surface area contributed by atoms with Crippen molar-refractivity contribution < 1.29 is 18.7 Å². The van der Waals surface area contributed by atoms with Crippen LogP contribution in [-0.4, -0.2) is 39.6 Å². The van der Waals surface area contributed by atoms with Crippen LogP contribution in [0.25, 0.3) is 10.9 Å². The van der Waals surface area contributed by atoms with Crippen LogP contribution in [0.5, 0.6) is 5.75 Å². The number of carbonyl (C=O) groups is 1. The monoisotopic (exact) mass is 405 g/mol. The molecule has 0 bridgehead atoms. The SMILES string of the molecule is CCOC(=O)c1cc([Se]c2ccc(F)cc2)c2cc(OC)ccc2n1. The molecule has 6 heteroatoms. The molecule has 0 spiro atoms. The van der Waals surface area contributed by atoms with E-state index in [1.807, 2.05) is 12.1 Å². The number of carbonyl (C=O) groups excluding carboxylic acids is 1. The third kappa shape index (κ3) is 3.98. The van der Waals surface area contributed by atoms with Crippen LogP contribution in [0.4, 0.5) is 4.39 Å². The van der Waals surface area contributed by atoms with Gasteiger partial charge in [0.1, 0.15) is 0 Å². The predicted molar refractivity (Wildman–Crippen MR) is 95.7 cm³/mol.